The Labute approximate surface area is 115 Å². The van der Waals surface area contributed by atoms with Gasteiger partial charge >= 0.3 is 0 Å². The van der Waals surface area contributed by atoms with Crippen molar-refractivity contribution in [2.75, 3.05) is 12.4 Å². The summed E-state index contributed by atoms with van der Waals surface area (Å²) in [5.41, 5.74) is 1.07. The number of hydrogen-bond acceptors (Lipinski definition) is 2. The predicted octanol–water partition coefficient (Wildman–Crippen LogP) is 4.38. The van der Waals surface area contributed by atoms with Crippen LogP contribution < -0.4 is 10.1 Å². The maximum atomic E-state index is 13.6. The van der Waals surface area contributed by atoms with Gasteiger partial charge in [-0.25, -0.2) is 13.2 Å². The molecule has 0 heterocycles. The van der Waals surface area contributed by atoms with E-state index in [4.69, 9.17) is 4.74 Å². The number of halogens is 3. The van der Waals surface area contributed by atoms with Crippen molar-refractivity contribution in [1.82, 2.24) is 0 Å². The maximum absolute atomic E-state index is 13.6. The highest BCUT2D eigenvalue weighted by molar-refractivity contribution is 5.50. The van der Waals surface area contributed by atoms with E-state index in [1.54, 1.807) is 18.2 Å². The molecular weight excluding hydrogens is 267 g/mol. The van der Waals surface area contributed by atoms with Crippen molar-refractivity contribution in [3.05, 3.63) is 59.4 Å². The number of benzene rings is 2. The third-order valence-corrected chi connectivity index (χ3v) is 2.89. The van der Waals surface area contributed by atoms with Gasteiger partial charge in [0, 0.05) is 18.2 Å². The van der Waals surface area contributed by atoms with Crippen LogP contribution in [0.2, 0.25) is 0 Å². The molecule has 20 heavy (non-hydrogen) atoms. The van der Waals surface area contributed by atoms with Crippen molar-refractivity contribution in [2.45, 2.75) is 13.0 Å². The molecule has 106 valence electrons. The molecule has 0 aliphatic rings. The van der Waals surface area contributed by atoms with E-state index < -0.39 is 12.2 Å². The zero-order valence-corrected chi connectivity index (χ0v) is 10.9. The molecule has 0 unspecified atom stereocenters. The van der Waals surface area contributed by atoms with E-state index in [1.807, 2.05) is 0 Å². The molecule has 2 aromatic carbocycles. The lowest BCUT2D eigenvalue weighted by Gasteiger charge is -2.10. The van der Waals surface area contributed by atoms with Crippen LogP contribution in [0.5, 0.6) is 5.75 Å². The van der Waals surface area contributed by atoms with Gasteiger partial charge in [-0.1, -0.05) is 24.3 Å². The lowest BCUT2D eigenvalue weighted by molar-refractivity contribution is 0.151. The number of hydrogen-bond donors (Lipinski definition) is 1. The van der Waals surface area contributed by atoms with Crippen molar-refractivity contribution < 1.29 is 17.9 Å². The first-order valence-corrected chi connectivity index (χ1v) is 6.04. The minimum Gasteiger partial charge on any atom is -0.497 e. The van der Waals surface area contributed by atoms with Crippen molar-refractivity contribution in [3.8, 4) is 5.75 Å². The Morgan fingerprint density at radius 2 is 1.80 bits per heavy atom. The maximum Gasteiger partial charge on any atom is 0.263 e. The SMILES string of the molecule is COc1ccc(F)c(NCc2ccc(C(F)F)cc2)c1. The largest absolute Gasteiger partial charge is 0.497 e. The summed E-state index contributed by atoms with van der Waals surface area (Å²) in [5.74, 6) is 0.150. The van der Waals surface area contributed by atoms with Gasteiger partial charge in [0.25, 0.3) is 6.43 Å². The monoisotopic (exact) mass is 281 g/mol. The summed E-state index contributed by atoms with van der Waals surface area (Å²) in [6.45, 7) is 0.341. The highest BCUT2D eigenvalue weighted by Crippen LogP contribution is 2.22. The Balaban J connectivity index is 2.04. The van der Waals surface area contributed by atoms with E-state index in [0.29, 0.717) is 18.0 Å². The van der Waals surface area contributed by atoms with Crippen molar-refractivity contribution in [3.63, 3.8) is 0 Å². The van der Waals surface area contributed by atoms with Crippen molar-refractivity contribution in [2.24, 2.45) is 0 Å². The minimum atomic E-state index is -2.48. The second-order valence-corrected chi connectivity index (χ2v) is 4.24. The summed E-state index contributed by atoms with van der Waals surface area (Å²) in [6.07, 6.45) is -2.48. The van der Waals surface area contributed by atoms with Gasteiger partial charge in [-0.05, 0) is 17.7 Å². The first-order chi connectivity index (χ1) is 9.60. The molecule has 0 saturated heterocycles. The van der Waals surface area contributed by atoms with Gasteiger partial charge in [0.1, 0.15) is 11.6 Å². The number of methoxy groups -OCH3 is 1. The van der Waals surface area contributed by atoms with Crippen molar-refractivity contribution >= 4 is 5.69 Å². The smallest absolute Gasteiger partial charge is 0.263 e. The second-order valence-electron chi connectivity index (χ2n) is 4.24. The molecule has 0 bridgehead atoms. The Bertz CT molecular complexity index is 570. The topological polar surface area (TPSA) is 21.3 Å². The van der Waals surface area contributed by atoms with E-state index in [9.17, 15) is 13.2 Å². The molecule has 0 fully saturated rings. The van der Waals surface area contributed by atoms with Crippen LogP contribution in [0.3, 0.4) is 0 Å². The minimum absolute atomic E-state index is 0.0266. The molecule has 0 radical (unpaired) electrons. The van der Waals surface area contributed by atoms with Gasteiger partial charge in [-0.3, -0.25) is 0 Å². The Morgan fingerprint density at radius 3 is 2.40 bits per heavy atom. The summed E-state index contributed by atoms with van der Waals surface area (Å²) in [6, 6.07) is 10.3. The summed E-state index contributed by atoms with van der Waals surface area (Å²) in [5, 5.41) is 2.91. The fourth-order valence-corrected chi connectivity index (χ4v) is 1.75. The Morgan fingerprint density at radius 1 is 1.10 bits per heavy atom. The molecular formula is C15H14F3NO. The molecule has 5 heteroatoms. The fourth-order valence-electron chi connectivity index (χ4n) is 1.75. The highest BCUT2D eigenvalue weighted by atomic mass is 19.3. The number of alkyl halides is 2. The molecule has 0 aromatic heterocycles. The molecule has 0 amide bonds. The lowest BCUT2D eigenvalue weighted by atomic mass is 10.1. The third kappa shape index (κ3) is 3.44. The van der Waals surface area contributed by atoms with Crippen LogP contribution in [0.15, 0.2) is 42.5 Å². The number of nitrogens with one attached hydrogen (secondary N) is 1. The summed E-state index contributed by atoms with van der Waals surface area (Å²) in [4.78, 5) is 0. The van der Waals surface area contributed by atoms with E-state index in [0.717, 1.165) is 5.56 Å². The van der Waals surface area contributed by atoms with Crippen LogP contribution in [0.1, 0.15) is 17.6 Å². The summed E-state index contributed by atoms with van der Waals surface area (Å²) < 4.78 is 43.4. The van der Waals surface area contributed by atoms with Gasteiger partial charge in [0.15, 0.2) is 0 Å². The van der Waals surface area contributed by atoms with Crippen LogP contribution in [0, 0.1) is 5.82 Å². The second kappa shape index (κ2) is 6.32. The van der Waals surface area contributed by atoms with Crippen LogP contribution in [-0.4, -0.2) is 7.11 Å². The molecule has 0 spiro atoms. The molecule has 0 aliphatic carbocycles. The predicted molar refractivity (Wildman–Crippen MR) is 71.7 cm³/mol. The zero-order valence-electron chi connectivity index (χ0n) is 10.9. The molecule has 2 aromatic rings. The van der Waals surface area contributed by atoms with Crippen LogP contribution in [-0.2, 0) is 6.54 Å². The molecule has 2 rings (SSSR count). The van der Waals surface area contributed by atoms with Crippen LogP contribution in [0.25, 0.3) is 0 Å². The van der Waals surface area contributed by atoms with Crippen molar-refractivity contribution in [1.29, 1.82) is 0 Å². The zero-order chi connectivity index (χ0) is 14.5. The first kappa shape index (κ1) is 14.2. The number of rotatable bonds is 5. The van der Waals surface area contributed by atoms with Crippen LogP contribution >= 0.6 is 0 Å². The summed E-state index contributed by atoms with van der Waals surface area (Å²) in [7, 11) is 1.50. The molecule has 0 atom stereocenters. The van der Waals surface area contributed by atoms with Gasteiger partial charge in [-0.15, -0.1) is 0 Å². The van der Waals surface area contributed by atoms with E-state index in [-0.39, 0.29) is 5.56 Å². The fraction of sp³-hybridized carbons (Fsp3) is 0.200. The Hall–Kier alpha value is -2.17. The normalized spacial score (nSPS) is 10.7. The third-order valence-electron chi connectivity index (χ3n) is 2.89. The first-order valence-electron chi connectivity index (χ1n) is 6.04. The molecule has 2 nitrogen and oxygen atoms in total. The average molecular weight is 281 g/mol. The molecule has 0 aliphatic heterocycles. The summed E-state index contributed by atoms with van der Waals surface area (Å²) >= 11 is 0. The van der Waals surface area contributed by atoms with Gasteiger partial charge in [-0.2, -0.15) is 0 Å². The van der Waals surface area contributed by atoms with E-state index in [2.05, 4.69) is 5.32 Å². The van der Waals surface area contributed by atoms with Crippen LogP contribution in [0.4, 0.5) is 18.9 Å². The standard InChI is InChI=1S/C15H14F3NO/c1-20-12-6-7-13(16)14(8-12)19-9-10-2-4-11(5-3-10)15(17)18/h2-8,15,19H,9H2,1H3. The van der Waals surface area contributed by atoms with E-state index >= 15 is 0 Å². The number of anilines is 1. The van der Waals surface area contributed by atoms with E-state index in [1.165, 1.54) is 31.4 Å². The average Bonchev–Trinajstić information content (AvgIpc) is 2.47. The molecule has 1 N–H and O–H groups in total. The van der Waals surface area contributed by atoms with Gasteiger partial charge in [0.2, 0.25) is 0 Å². The lowest BCUT2D eigenvalue weighted by Crippen LogP contribution is -2.02. The van der Waals surface area contributed by atoms with Gasteiger partial charge in [0.05, 0.1) is 12.8 Å². The Kier molecular flexibility index (Phi) is 4.50. The van der Waals surface area contributed by atoms with Gasteiger partial charge < -0.3 is 10.1 Å². The quantitative estimate of drug-likeness (QED) is 0.878. The molecule has 0 saturated carbocycles. The highest BCUT2D eigenvalue weighted by Gasteiger charge is 2.07. The number of ether oxygens (including phenoxy) is 1.